The smallest absolute Gasteiger partial charge is 0.228 e. The molecule has 7 heteroatoms. The van der Waals surface area contributed by atoms with Crippen molar-refractivity contribution < 1.29 is 14.3 Å². The van der Waals surface area contributed by atoms with E-state index in [0.717, 1.165) is 26.2 Å². The minimum Gasteiger partial charge on any atom is -0.493 e. The molecule has 1 aliphatic heterocycles. The number of anilines is 1. The fourth-order valence-corrected chi connectivity index (χ4v) is 3.97. The first-order valence-electron chi connectivity index (χ1n) is 8.85. The van der Waals surface area contributed by atoms with Gasteiger partial charge in [0.15, 0.2) is 11.5 Å². The van der Waals surface area contributed by atoms with Gasteiger partial charge < -0.3 is 9.47 Å². The predicted molar refractivity (Wildman–Crippen MR) is 116 cm³/mol. The number of benzene rings is 2. The number of nitrogens with zero attached hydrogens (tertiary/aromatic N) is 3. The molecule has 6 nitrogen and oxygen atoms in total. The maximum Gasteiger partial charge on any atom is 0.228 e. The Balaban J connectivity index is 1.82. The summed E-state index contributed by atoms with van der Waals surface area (Å²) < 4.78 is 13.8. The highest BCUT2D eigenvalue weighted by Gasteiger charge is 2.34. The predicted octanol–water partition coefficient (Wildman–Crippen LogP) is 3.99. The standard InChI is InChI=1S/C21H20IN3O3/c1-24-20(26)11-16(13-4-9-18(27-2)19(10-13)28-3)17-12-23-25(21(17)24)15-7-5-14(22)6-8-15/h4-10,12,16H,11H2,1-3H3. The van der Waals surface area contributed by atoms with Crippen molar-refractivity contribution in [2.24, 2.45) is 0 Å². The maximum absolute atomic E-state index is 12.8. The lowest BCUT2D eigenvalue weighted by Crippen LogP contribution is -2.34. The zero-order chi connectivity index (χ0) is 19.8. The van der Waals surface area contributed by atoms with Crippen LogP contribution in [0.4, 0.5) is 5.82 Å². The normalized spacial score (nSPS) is 16.1. The van der Waals surface area contributed by atoms with Crippen LogP contribution in [0.5, 0.6) is 11.5 Å². The van der Waals surface area contributed by atoms with Gasteiger partial charge in [-0.1, -0.05) is 6.07 Å². The summed E-state index contributed by atoms with van der Waals surface area (Å²) in [5.41, 5.74) is 2.95. The van der Waals surface area contributed by atoms with Crippen LogP contribution in [0.3, 0.4) is 0 Å². The lowest BCUT2D eigenvalue weighted by atomic mass is 9.86. The van der Waals surface area contributed by atoms with Crippen LogP contribution in [0, 0.1) is 3.57 Å². The molecule has 144 valence electrons. The average Bonchev–Trinajstić information content (AvgIpc) is 3.16. The first kappa shape index (κ1) is 18.8. The molecule has 0 N–H and O–H groups in total. The summed E-state index contributed by atoms with van der Waals surface area (Å²) in [6, 6.07) is 13.9. The monoisotopic (exact) mass is 489 g/mol. The van der Waals surface area contributed by atoms with E-state index in [0.29, 0.717) is 17.9 Å². The Morgan fingerprint density at radius 3 is 2.46 bits per heavy atom. The number of fused-ring (bicyclic) bond motifs is 1. The number of carbonyl (C=O) groups excluding carboxylic acids is 1. The quantitative estimate of drug-likeness (QED) is 0.521. The molecule has 3 aromatic rings. The molecular weight excluding hydrogens is 469 g/mol. The topological polar surface area (TPSA) is 56.6 Å². The summed E-state index contributed by atoms with van der Waals surface area (Å²) in [7, 11) is 5.03. The fraction of sp³-hybridized carbons (Fsp3) is 0.238. The largest absolute Gasteiger partial charge is 0.493 e. The zero-order valence-corrected chi connectivity index (χ0v) is 18.0. The van der Waals surface area contributed by atoms with Gasteiger partial charge in [-0.2, -0.15) is 5.10 Å². The van der Waals surface area contributed by atoms with Crippen LogP contribution >= 0.6 is 22.6 Å². The minimum atomic E-state index is -0.0869. The molecule has 0 radical (unpaired) electrons. The fourth-order valence-electron chi connectivity index (χ4n) is 3.61. The van der Waals surface area contributed by atoms with Gasteiger partial charge in [-0.25, -0.2) is 4.68 Å². The van der Waals surface area contributed by atoms with E-state index >= 15 is 0 Å². The number of hydrogen-bond acceptors (Lipinski definition) is 4. The molecule has 1 unspecified atom stereocenters. The Morgan fingerprint density at radius 1 is 1.07 bits per heavy atom. The van der Waals surface area contributed by atoms with Crippen molar-refractivity contribution >= 4 is 34.3 Å². The van der Waals surface area contributed by atoms with Crippen molar-refractivity contribution in [2.45, 2.75) is 12.3 Å². The molecular formula is C21H20IN3O3. The Kier molecular flexibility index (Phi) is 5.01. The average molecular weight is 489 g/mol. The van der Waals surface area contributed by atoms with E-state index in [1.807, 2.05) is 53.3 Å². The molecule has 28 heavy (non-hydrogen) atoms. The van der Waals surface area contributed by atoms with Crippen LogP contribution in [0.1, 0.15) is 23.5 Å². The summed E-state index contributed by atoms with van der Waals surface area (Å²) in [5.74, 6) is 2.09. The van der Waals surface area contributed by atoms with Crippen LogP contribution in [0.15, 0.2) is 48.7 Å². The van der Waals surface area contributed by atoms with Crippen LogP contribution in [0.2, 0.25) is 0 Å². The van der Waals surface area contributed by atoms with Gasteiger partial charge in [-0.15, -0.1) is 0 Å². The van der Waals surface area contributed by atoms with Gasteiger partial charge in [0.05, 0.1) is 26.1 Å². The van der Waals surface area contributed by atoms with Crippen molar-refractivity contribution in [3.63, 3.8) is 0 Å². The van der Waals surface area contributed by atoms with Crippen molar-refractivity contribution in [3.8, 4) is 17.2 Å². The molecule has 0 bridgehead atoms. The zero-order valence-electron chi connectivity index (χ0n) is 15.8. The van der Waals surface area contributed by atoms with Gasteiger partial charge >= 0.3 is 0 Å². The summed E-state index contributed by atoms with van der Waals surface area (Å²) in [4.78, 5) is 14.5. The molecule has 0 saturated heterocycles. The molecule has 2 heterocycles. The van der Waals surface area contributed by atoms with Crippen molar-refractivity contribution in [3.05, 3.63) is 63.4 Å². The molecule has 2 aromatic carbocycles. The molecule has 1 aromatic heterocycles. The molecule has 0 aliphatic carbocycles. The minimum absolute atomic E-state index is 0.0551. The van der Waals surface area contributed by atoms with Crippen molar-refractivity contribution in [1.29, 1.82) is 0 Å². The van der Waals surface area contributed by atoms with E-state index in [4.69, 9.17) is 9.47 Å². The van der Waals surface area contributed by atoms with E-state index in [-0.39, 0.29) is 11.8 Å². The van der Waals surface area contributed by atoms with Gasteiger partial charge in [0.2, 0.25) is 5.91 Å². The van der Waals surface area contributed by atoms with Crippen LogP contribution < -0.4 is 14.4 Å². The number of rotatable bonds is 4. The maximum atomic E-state index is 12.8. The van der Waals surface area contributed by atoms with E-state index in [1.165, 1.54) is 0 Å². The first-order chi connectivity index (χ1) is 13.5. The highest BCUT2D eigenvalue weighted by molar-refractivity contribution is 14.1. The van der Waals surface area contributed by atoms with E-state index in [1.54, 1.807) is 26.2 Å². The Bertz CT molecular complexity index is 1030. The van der Waals surface area contributed by atoms with Crippen LogP contribution in [0.25, 0.3) is 5.69 Å². The first-order valence-corrected chi connectivity index (χ1v) is 9.93. The SMILES string of the molecule is COc1ccc(C2CC(=O)N(C)c3c2cnn3-c2ccc(I)cc2)cc1OC. The van der Waals surface area contributed by atoms with Crippen LogP contribution in [-0.4, -0.2) is 37.0 Å². The van der Waals surface area contributed by atoms with Gasteiger partial charge in [-0.3, -0.25) is 9.69 Å². The molecule has 0 fully saturated rings. The third kappa shape index (κ3) is 3.13. The summed E-state index contributed by atoms with van der Waals surface area (Å²) in [6.45, 7) is 0. The number of carbonyl (C=O) groups is 1. The highest BCUT2D eigenvalue weighted by atomic mass is 127. The molecule has 0 saturated carbocycles. The molecule has 1 aliphatic rings. The van der Waals surface area contributed by atoms with E-state index in [9.17, 15) is 4.79 Å². The lowest BCUT2D eigenvalue weighted by Gasteiger charge is -2.30. The molecule has 1 atom stereocenters. The second kappa shape index (κ2) is 7.46. The van der Waals surface area contributed by atoms with Gasteiger partial charge in [0.25, 0.3) is 0 Å². The van der Waals surface area contributed by atoms with E-state index in [2.05, 4.69) is 27.7 Å². The van der Waals surface area contributed by atoms with E-state index < -0.39 is 0 Å². The summed E-state index contributed by atoms with van der Waals surface area (Å²) in [5, 5.41) is 4.60. The Labute approximate surface area is 177 Å². The highest BCUT2D eigenvalue weighted by Crippen LogP contribution is 2.42. The third-order valence-corrected chi connectivity index (χ3v) is 5.82. The Hall–Kier alpha value is -2.55. The Morgan fingerprint density at radius 2 is 1.79 bits per heavy atom. The third-order valence-electron chi connectivity index (χ3n) is 5.10. The number of ether oxygens (including phenoxy) is 2. The lowest BCUT2D eigenvalue weighted by molar-refractivity contribution is -0.118. The van der Waals surface area contributed by atoms with Crippen molar-refractivity contribution in [2.75, 3.05) is 26.2 Å². The number of hydrogen-bond donors (Lipinski definition) is 0. The second-order valence-electron chi connectivity index (χ2n) is 6.64. The second-order valence-corrected chi connectivity index (χ2v) is 7.88. The van der Waals surface area contributed by atoms with Gasteiger partial charge in [0, 0.05) is 28.5 Å². The molecule has 1 amide bonds. The van der Waals surface area contributed by atoms with Gasteiger partial charge in [0.1, 0.15) is 5.82 Å². The number of halogens is 1. The summed E-state index contributed by atoms with van der Waals surface area (Å²) >= 11 is 2.27. The molecule has 4 rings (SSSR count). The molecule has 0 spiro atoms. The summed E-state index contributed by atoms with van der Waals surface area (Å²) in [6.07, 6.45) is 2.25. The van der Waals surface area contributed by atoms with Crippen molar-refractivity contribution in [1.82, 2.24) is 9.78 Å². The number of amides is 1. The van der Waals surface area contributed by atoms with Gasteiger partial charge in [-0.05, 0) is 64.6 Å². The number of methoxy groups -OCH3 is 2. The van der Waals surface area contributed by atoms with Crippen LogP contribution in [-0.2, 0) is 4.79 Å². The number of aromatic nitrogens is 2.